The normalized spacial score (nSPS) is 33.0. The predicted octanol–water partition coefficient (Wildman–Crippen LogP) is 1.90. The van der Waals surface area contributed by atoms with E-state index in [0.29, 0.717) is 17.9 Å². The second kappa shape index (κ2) is 4.84. The van der Waals surface area contributed by atoms with Gasteiger partial charge in [-0.25, -0.2) is 4.79 Å². The summed E-state index contributed by atoms with van der Waals surface area (Å²) in [5.74, 6) is 1.16. The summed E-state index contributed by atoms with van der Waals surface area (Å²) in [6, 6.07) is 0.305. The number of alkyl carbamates (subject to hydrolysis) is 1. The van der Waals surface area contributed by atoms with Crippen LogP contribution in [-0.2, 0) is 4.74 Å². The number of rotatable bonds is 1. The van der Waals surface area contributed by atoms with Gasteiger partial charge in [-0.15, -0.1) is 0 Å². The molecular weight excluding hydrogens is 216 g/mol. The van der Waals surface area contributed by atoms with Crippen molar-refractivity contribution in [2.75, 3.05) is 13.1 Å². The average Bonchev–Trinajstić information content (AvgIpc) is 2.13. The maximum atomic E-state index is 11.8. The molecule has 0 aromatic rings. The highest BCUT2D eigenvalue weighted by Crippen LogP contribution is 2.31. The molecule has 2 rings (SSSR count). The van der Waals surface area contributed by atoms with Gasteiger partial charge in [-0.2, -0.15) is 0 Å². The van der Waals surface area contributed by atoms with Crippen molar-refractivity contribution in [1.82, 2.24) is 10.6 Å². The Kier molecular flexibility index (Phi) is 3.61. The Morgan fingerprint density at radius 2 is 1.82 bits per heavy atom. The van der Waals surface area contributed by atoms with Crippen molar-refractivity contribution >= 4 is 6.09 Å². The number of carbonyl (C=O) groups is 1. The molecule has 2 atom stereocenters. The molecule has 0 radical (unpaired) electrons. The number of fused-ring (bicyclic) bond motifs is 2. The van der Waals surface area contributed by atoms with E-state index in [9.17, 15) is 4.79 Å². The van der Waals surface area contributed by atoms with Gasteiger partial charge in [0.25, 0.3) is 0 Å². The topological polar surface area (TPSA) is 50.4 Å². The second-order valence-electron chi connectivity index (χ2n) is 6.28. The fraction of sp³-hybridized carbons (Fsp3) is 0.923. The summed E-state index contributed by atoms with van der Waals surface area (Å²) >= 11 is 0. The highest BCUT2D eigenvalue weighted by atomic mass is 16.6. The summed E-state index contributed by atoms with van der Waals surface area (Å²) < 4.78 is 5.34. The van der Waals surface area contributed by atoms with E-state index in [4.69, 9.17) is 4.74 Å². The summed E-state index contributed by atoms with van der Waals surface area (Å²) in [7, 11) is 0. The molecular formula is C13H24N2O2. The van der Waals surface area contributed by atoms with E-state index in [2.05, 4.69) is 10.6 Å². The van der Waals surface area contributed by atoms with Crippen molar-refractivity contribution < 1.29 is 9.53 Å². The van der Waals surface area contributed by atoms with Gasteiger partial charge < -0.3 is 15.4 Å². The van der Waals surface area contributed by atoms with Crippen molar-refractivity contribution in [2.24, 2.45) is 11.8 Å². The van der Waals surface area contributed by atoms with Crippen molar-refractivity contribution in [3.63, 3.8) is 0 Å². The van der Waals surface area contributed by atoms with Crippen LogP contribution in [0.5, 0.6) is 0 Å². The van der Waals surface area contributed by atoms with Gasteiger partial charge in [0.05, 0.1) is 0 Å². The monoisotopic (exact) mass is 240 g/mol. The van der Waals surface area contributed by atoms with Crippen LogP contribution in [0.4, 0.5) is 4.79 Å². The number of carbonyl (C=O) groups excluding carboxylic acids is 1. The molecule has 1 aliphatic carbocycles. The third-order valence-electron chi connectivity index (χ3n) is 3.66. The van der Waals surface area contributed by atoms with Gasteiger partial charge in [0.2, 0.25) is 0 Å². The van der Waals surface area contributed by atoms with Gasteiger partial charge in [-0.3, -0.25) is 0 Å². The minimum atomic E-state index is -0.411. The van der Waals surface area contributed by atoms with Crippen LogP contribution in [0.3, 0.4) is 0 Å². The van der Waals surface area contributed by atoms with E-state index in [1.54, 1.807) is 0 Å². The summed E-state index contributed by atoms with van der Waals surface area (Å²) in [5, 5.41) is 6.52. The number of amides is 1. The smallest absolute Gasteiger partial charge is 0.407 e. The fourth-order valence-electron chi connectivity index (χ4n) is 2.98. The Balaban J connectivity index is 1.91. The summed E-state index contributed by atoms with van der Waals surface area (Å²) in [6.07, 6.45) is 3.46. The van der Waals surface area contributed by atoms with Crippen molar-refractivity contribution in [3.8, 4) is 0 Å². The van der Waals surface area contributed by atoms with Crippen LogP contribution in [0.15, 0.2) is 0 Å². The van der Waals surface area contributed by atoms with Crippen LogP contribution in [0.25, 0.3) is 0 Å². The van der Waals surface area contributed by atoms with Gasteiger partial charge in [0.1, 0.15) is 5.60 Å². The first-order valence-electron chi connectivity index (χ1n) is 6.66. The van der Waals surface area contributed by atoms with E-state index in [1.807, 2.05) is 20.8 Å². The molecule has 1 amide bonds. The lowest BCUT2D eigenvalue weighted by Gasteiger charge is -2.43. The SMILES string of the molecule is CC(C)(C)OC(=O)NC1[C@H]2CCC[C@H]1CNC2. The zero-order valence-electron chi connectivity index (χ0n) is 11.1. The number of hydrogen-bond donors (Lipinski definition) is 2. The van der Waals surface area contributed by atoms with E-state index in [0.717, 1.165) is 13.1 Å². The molecule has 0 spiro atoms. The summed E-state index contributed by atoms with van der Waals surface area (Å²) in [4.78, 5) is 11.8. The maximum absolute atomic E-state index is 11.8. The molecule has 0 aromatic heterocycles. The van der Waals surface area contributed by atoms with Crippen LogP contribution in [0.2, 0.25) is 0 Å². The number of ether oxygens (including phenoxy) is 1. The average molecular weight is 240 g/mol. The molecule has 2 aliphatic rings. The van der Waals surface area contributed by atoms with E-state index in [1.165, 1.54) is 19.3 Å². The molecule has 17 heavy (non-hydrogen) atoms. The van der Waals surface area contributed by atoms with Gasteiger partial charge in [-0.1, -0.05) is 6.42 Å². The largest absolute Gasteiger partial charge is 0.444 e. The third-order valence-corrected chi connectivity index (χ3v) is 3.66. The number of nitrogens with one attached hydrogen (secondary N) is 2. The second-order valence-corrected chi connectivity index (χ2v) is 6.28. The predicted molar refractivity (Wildman–Crippen MR) is 66.9 cm³/mol. The number of piperidine rings is 1. The molecule has 1 saturated heterocycles. The molecule has 1 saturated carbocycles. The van der Waals surface area contributed by atoms with Crippen LogP contribution in [-0.4, -0.2) is 30.8 Å². The minimum absolute atomic E-state index is 0.263. The molecule has 98 valence electrons. The molecule has 2 N–H and O–H groups in total. The third kappa shape index (κ3) is 3.35. The van der Waals surface area contributed by atoms with Crippen LogP contribution in [0, 0.1) is 11.8 Å². The van der Waals surface area contributed by atoms with Crippen LogP contribution < -0.4 is 10.6 Å². The van der Waals surface area contributed by atoms with Crippen LogP contribution >= 0.6 is 0 Å². The van der Waals surface area contributed by atoms with Crippen molar-refractivity contribution in [1.29, 1.82) is 0 Å². The van der Waals surface area contributed by atoms with Crippen molar-refractivity contribution in [2.45, 2.75) is 51.7 Å². The van der Waals surface area contributed by atoms with Gasteiger partial charge in [0.15, 0.2) is 0 Å². The highest BCUT2D eigenvalue weighted by Gasteiger charge is 2.37. The molecule has 4 heteroatoms. The molecule has 2 bridgehead atoms. The zero-order chi connectivity index (χ0) is 12.5. The van der Waals surface area contributed by atoms with Gasteiger partial charge >= 0.3 is 6.09 Å². The summed E-state index contributed by atoms with van der Waals surface area (Å²) in [6.45, 7) is 7.75. The van der Waals surface area contributed by atoms with E-state index >= 15 is 0 Å². The lowest BCUT2D eigenvalue weighted by molar-refractivity contribution is 0.0399. The zero-order valence-corrected chi connectivity index (χ0v) is 11.1. The van der Waals surface area contributed by atoms with E-state index < -0.39 is 5.60 Å². The highest BCUT2D eigenvalue weighted by molar-refractivity contribution is 5.68. The molecule has 4 nitrogen and oxygen atoms in total. The van der Waals surface area contributed by atoms with Crippen LogP contribution in [0.1, 0.15) is 40.0 Å². The first kappa shape index (κ1) is 12.7. The Bertz CT molecular complexity index is 264. The molecule has 0 aromatic carbocycles. The fourth-order valence-corrected chi connectivity index (χ4v) is 2.98. The Morgan fingerprint density at radius 1 is 1.24 bits per heavy atom. The first-order valence-corrected chi connectivity index (χ1v) is 6.66. The van der Waals surface area contributed by atoms with Gasteiger partial charge in [0, 0.05) is 6.04 Å². The maximum Gasteiger partial charge on any atom is 0.407 e. The standard InChI is InChI=1S/C13H24N2O2/c1-13(2,3)17-12(16)15-11-9-5-4-6-10(11)8-14-7-9/h9-11,14H,4-8H2,1-3H3,(H,15,16)/t9-,10-/m0/s1. The lowest BCUT2D eigenvalue weighted by Crippen LogP contribution is -2.57. The summed E-state index contributed by atoms with van der Waals surface area (Å²) in [5.41, 5.74) is -0.411. The van der Waals surface area contributed by atoms with E-state index in [-0.39, 0.29) is 6.09 Å². The molecule has 1 heterocycles. The number of hydrogen-bond acceptors (Lipinski definition) is 3. The minimum Gasteiger partial charge on any atom is -0.444 e. The quantitative estimate of drug-likeness (QED) is 0.736. The molecule has 1 aliphatic heterocycles. The Morgan fingerprint density at radius 3 is 2.35 bits per heavy atom. The molecule has 0 unspecified atom stereocenters. The lowest BCUT2D eigenvalue weighted by atomic mass is 9.74. The Hall–Kier alpha value is -0.770. The van der Waals surface area contributed by atoms with Gasteiger partial charge in [-0.05, 0) is 58.5 Å². The molecule has 2 fully saturated rings. The van der Waals surface area contributed by atoms with Crippen molar-refractivity contribution in [3.05, 3.63) is 0 Å². The Labute approximate surface area is 103 Å². The first-order chi connectivity index (χ1) is 7.96.